The molecule has 5 heteroatoms. The molecule has 0 radical (unpaired) electrons. The van der Waals surface area contributed by atoms with Crippen LogP contribution in [0.2, 0.25) is 0 Å². The second kappa shape index (κ2) is 5.35. The van der Waals surface area contributed by atoms with Crippen LogP contribution in [0.4, 0.5) is 0 Å². The molecule has 2 rings (SSSR count). The highest BCUT2D eigenvalue weighted by Crippen LogP contribution is 2.20. The number of hydrogen-bond donors (Lipinski definition) is 0. The Morgan fingerprint density at radius 2 is 2.22 bits per heavy atom. The standard InChI is InChI=1S/C13H11BrO4/c1-2-17-13(16)11-6-10(15)9-5-3-4-8(7-14)12(9)18-11/h3-6H,2,7H2,1H3. The van der Waals surface area contributed by atoms with Gasteiger partial charge in [-0.15, -0.1) is 0 Å². The lowest BCUT2D eigenvalue weighted by Gasteiger charge is -2.05. The maximum absolute atomic E-state index is 11.9. The van der Waals surface area contributed by atoms with Gasteiger partial charge in [-0.2, -0.15) is 0 Å². The van der Waals surface area contributed by atoms with Gasteiger partial charge in [0.2, 0.25) is 5.76 Å². The zero-order valence-electron chi connectivity index (χ0n) is 9.73. The molecule has 1 aromatic heterocycles. The van der Waals surface area contributed by atoms with Gasteiger partial charge in [-0.1, -0.05) is 28.1 Å². The summed E-state index contributed by atoms with van der Waals surface area (Å²) in [5.41, 5.74) is 0.989. The van der Waals surface area contributed by atoms with Gasteiger partial charge in [-0.25, -0.2) is 4.79 Å². The number of hydrogen-bond acceptors (Lipinski definition) is 4. The first-order valence-corrected chi connectivity index (χ1v) is 6.58. The van der Waals surface area contributed by atoms with Crippen LogP contribution in [0.5, 0.6) is 0 Å². The maximum atomic E-state index is 11.9. The monoisotopic (exact) mass is 310 g/mol. The van der Waals surface area contributed by atoms with Crippen LogP contribution in [-0.2, 0) is 10.1 Å². The number of esters is 1. The Morgan fingerprint density at radius 1 is 1.44 bits per heavy atom. The molecule has 0 fully saturated rings. The van der Waals surface area contributed by atoms with Crippen LogP contribution in [0.15, 0.2) is 33.5 Å². The molecular weight excluding hydrogens is 300 g/mol. The molecule has 1 aromatic carbocycles. The van der Waals surface area contributed by atoms with E-state index >= 15 is 0 Å². The molecule has 0 saturated carbocycles. The summed E-state index contributed by atoms with van der Waals surface area (Å²) >= 11 is 3.32. The largest absolute Gasteiger partial charge is 0.460 e. The van der Waals surface area contributed by atoms with Crippen molar-refractivity contribution >= 4 is 32.9 Å². The van der Waals surface area contributed by atoms with Crippen LogP contribution >= 0.6 is 15.9 Å². The van der Waals surface area contributed by atoms with Crippen LogP contribution in [0.3, 0.4) is 0 Å². The lowest BCUT2D eigenvalue weighted by atomic mass is 10.1. The van der Waals surface area contributed by atoms with Gasteiger partial charge in [-0.3, -0.25) is 4.79 Å². The number of carbonyl (C=O) groups is 1. The number of fused-ring (bicyclic) bond motifs is 1. The third-order valence-electron chi connectivity index (χ3n) is 2.46. The van der Waals surface area contributed by atoms with Crippen molar-refractivity contribution in [1.82, 2.24) is 0 Å². The molecule has 0 aliphatic heterocycles. The fraction of sp³-hybridized carbons (Fsp3) is 0.231. The van der Waals surface area contributed by atoms with Gasteiger partial charge >= 0.3 is 5.97 Å². The zero-order valence-corrected chi connectivity index (χ0v) is 11.3. The lowest BCUT2D eigenvalue weighted by Crippen LogP contribution is -2.10. The Bertz CT molecular complexity index is 645. The zero-order chi connectivity index (χ0) is 13.1. The Hall–Kier alpha value is -1.62. The van der Waals surface area contributed by atoms with Crippen molar-refractivity contribution < 1.29 is 13.9 Å². The van der Waals surface area contributed by atoms with Crippen LogP contribution < -0.4 is 5.43 Å². The fourth-order valence-corrected chi connectivity index (χ4v) is 2.09. The van der Waals surface area contributed by atoms with Crippen LogP contribution in [0, 0.1) is 0 Å². The van der Waals surface area contributed by atoms with Crippen LogP contribution in [0.1, 0.15) is 23.0 Å². The molecule has 0 aliphatic rings. The fourth-order valence-electron chi connectivity index (χ4n) is 1.64. The molecule has 0 unspecified atom stereocenters. The Labute approximate surface area is 112 Å². The molecule has 2 aromatic rings. The number of ether oxygens (including phenoxy) is 1. The number of alkyl halides is 1. The molecule has 18 heavy (non-hydrogen) atoms. The summed E-state index contributed by atoms with van der Waals surface area (Å²) < 4.78 is 10.3. The summed E-state index contributed by atoms with van der Waals surface area (Å²) in [6.07, 6.45) is 0. The minimum atomic E-state index is -0.624. The van der Waals surface area contributed by atoms with Gasteiger partial charge in [0.1, 0.15) is 5.58 Å². The quantitative estimate of drug-likeness (QED) is 0.646. The number of carbonyl (C=O) groups excluding carboxylic acids is 1. The number of rotatable bonds is 3. The summed E-state index contributed by atoms with van der Waals surface area (Å²) in [7, 11) is 0. The van der Waals surface area contributed by atoms with Gasteiger partial charge in [0.05, 0.1) is 12.0 Å². The predicted molar refractivity (Wildman–Crippen MR) is 71.1 cm³/mol. The number of halogens is 1. The Morgan fingerprint density at radius 3 is 2.89 bits per heavy atom. The van der Waals surface area contributed by atoms with E-state index in [0.29, 0.717) is 16.3 Å². The molecule has 94 valence electrons. The van der Waals surface area contributed by atoms with Crippen LogP contribution in [0.25, 0.3) is 11.0 Å². The minimum absolute atomic E-state index is 0.0669. The topological polar surface area (TPSA) is 56.5 Å². The molecule has 0 saturated heterocycles. The summed E-state index contributed by atoms with van der Waals surface area (Å²) in [6.45, 7) is 1.93. The first-order valence-electron chi connectivity index (χ1n) is 5.46. The number of para-hydroxylation sites is 1. The van der Waals surface area contributed by atoms with E-state index in [2.05, 4.69) is 15.9 Å². The smallest absolute Gasteiger partial charge is 0.374 e. The van der Waals surface area contributed by atoms with Crippen LogP contribution in [-0.4, -0.2) is 12.6 Å². The summed E-state index contributed by atoms with van der Waals surface area (Å²) in [5, 5.41) is 1.000. The predicted octanol–water partition coefficient (Wildman–Crippen LogP) is 2.86. The van der Waals surface area contributed by atoms with Crippen molar-refractivity contribution in [1.29, 1.82) is 0 Å². The van der Waals surface area contributed by atoms with Crippen molar-refractivity contribution in [2.75, 3.05) is 6.61 Å². The second-order valence-corrected chi connectivity index (χ2v) is 4.18. The van der Waals surface area contributed by atoms with E-state index in [9.17, 15) is 9.59 Å². The van der Waals surface area contributed by atoms with E-state index < -0.39 is 5.97 Å². The van der Waals surface area contributed by atoms with Crippen molar-refractivity contribution in [3.63, 3.8) is 0 Å². The number of benzene rings is 1. The van der Waals surface area contributed by atoms with Crippen molar-refractivity contribution in [2.24, 2.45) is 0 Å². The highest BCUT2D eigenvalue weighted by atomic mass is 79.9. The molecule has 4 nitrogen and oxygen atoms in total. The van der Waals surface area contributed by atoms with E-state index in [-0.39, 0.29) is 17.8 Å². The molecule has 0 spiro atoms. The Balaban J connectivity index is 2.67. The van der Waals surface area contributed by atoms with Gasteiger partial charge in [0.25, 0.3) is 0 Å². The van der Waals surface area contributed by atoms with Crippen molar-refractivity contribution in [3.8, 4) is 0 Å². The van der Waals surface area contributed by atoms with Gasteiger partial charge < -0.3 is 9.15 Å². The molecule has 0 atom stereocenters. The SMILES string of the molecule is CCOC(=O)c1cc(=O)c2cccc(CBr)c2o1. The Kier molecular flexibility index (Phi) is 3.81. The van der Waals surface area contributed by atoms with Gasteiger partial charge in [0.15, 0.2) is 5.43 Å². The highest BCUT2D eigenvalue weighted by Gasteiger charge is 2.14. The maximum Gasteiger partial charge on any atom is 0.374 e. The normalized spacial score (nSPS) is 10.6. The second-order valence-electron chi connectivity index (χ2n) is 3.62. The van der Waals surface area contributed by atoms with E-state index in [1.807, 2.05) is 6.07 Å². The first kappa shape index (κ1) is 12.8. The summed E-state index contributed by atoms with van der Waals surface area (Å²) in [4.78, 5) is 23.5. The van der Waals surface area contributed by atoms with Crippen molar-refractivity contribution in [2.45, 2.75) is 12.3 Å². The molecular formula is C13H11BrO4. The molecule has 1 heterocycles. The molecule has 0 amide bonds. The third-order valence-corrected chi connectivity index (χ3v) is 3.06. The van der Waals surface area contributed by atoms with Crippen molar-refractivity contribution in [3.05, 3.63) is 45.8 Å². The average Bonchev–Trinajstić information content (AvgIpc) is 2.38. The summed E-state index contributed by atoms with van der Waals surface area (Å²) in [6, 6.07) is 6.44. The lowest BCUT2D eigenvalue weighted by molar-refractivity contribution is 0.0490. The highest BCUT2D eigenvalue weighted by molar-refractivity contribution is 9.08. The molecule has 0 bridgehead atoms. The van der Waals surface area contributed by atoms with E-state index in [1.54, 1.807) is 19.1 Å². The molecule has 0 aliphatic carbocycles. The first-order chi connectivity index (χ1) is 8.67. The van der Waals surface area contributed by atoms with E-state index in [4.69, 9.17) is 9.15 Å². The summed E-state index contributed by atoms with van der Waals surface area (Å²) in [5.74, 6) is -0.691. The third kappa shape index (κ3) is 2.31. The molecule has 0 N–H and O–H groups in total. The average molecular weight is 311 g/mol. The minimum Gasteiger partial charge on any atom is -0.460 e. The van der Waals surface area contributed by atoms with E-state index in [0.717, 1.165) is 5.56 Å². The van der Waals surface area contributed by atoms with E-state index in [1.165, 1.54) is 6.07 Å². The van der Waals surface area contributed by atoms with Gasteiger partial charge in [0, 0.05) is 17.0 Å². The van der Waals surface area contributed by atoms with Gasteiger partial charge in [-0.05, 0) is 13.0 Å².